The van der Waals surface area contributed by atoms with Gasteiger partial charge in [0, 0.05) is 0 Å². The molecule has 0 aromatic rings. The molecule has 0 saturated carbocycles. The molecular formula is C8H22N2O4. The van der Waals surface area contributed by atoms with E-state index < -0.39 is 10.7 Å². The number of nitrogens with zero attached hydrogens (tertiary/aromatic N) is 1. The third kappa shape index (κ3) is 43.4. The fraction of sp³-hybridized carbons (Fsp3) is 1.00. The van der Waals surface area contributed by atoms with Gasteiger partial charge >= 0.3 is 0 Å². The maximum absolute atomic E-state index is 9.24. The van der Waals surface area contributed by atoms with Crippen LogP contribution in [0.3, 0.4) is 0 Å². The largest absolute Gasteiger partial charge is 0.390 e. The van der Waals surface area contributed by atoms with E-state index in [2.05, 4.69) is 6.92 Å². The maximum Gasteiger partial charge on any atom is 0.291 e. The molecule has 0 aromatic heterocycles. The highest BCUT2D eigenvalue weighted by atomic mass is 16.9. The van der Waals surface area contributed by atoms with Gasteiger partial charge in [0.2, 0.25) is 0 Å². The van der Waals surface area contributed by atoms with Gasteiger partial charge in [0.15, 0.2) is 0 Å². The summed E-state index contributed by atoms with van der Waals surface area (Å²) in [5, 5.41) is 22.9. The minimum Gasteiger partial charge on any atom is -0.390 e. The first-order valence-electron chi connectivity index (χ1n) is 4.35. The Morgan fingerprint density at radius 2 is 1.71 bits per heavy atom. The molecule has 0 amide bonds. The molecule has 6 heteroatoms. The second-order valence-corrected chi connectivity index (χ2v) is 3.51. The van der Waals surface area contributed by atoms with Gasteiger partial charge in [0.05, 0.1) is 5.60 Å². The molecule has 0 aliphatic carbocycles. The van der Waals surface area contributed by atoms with Crippen molar-refractivity contribution in [1.82, 2.24) is 6.15 Å². The van der Waals surface area contributed by atoms with Crippen LogP contribution >= 0.6 is 0 Å². The van der Waals surface area contributed by atoms with Gasteiger partial charge in [-0.1, -0.05) is 26.2 Å². The highest BCUT2D eigenvalue weighted by molar-refractivity contribution is 4.63. The maximum atomic E-state index is 9.24. The Morgan fingerprint density at radius 3 is 1.93 bits per heavy atom. The van der Waals surface area contributed by atoms with Gasteiger partial charge in [0.1, 0.15) is 0 Å². The predicted octanol–water partition coefficient (Wildman–Crippen LogP) is 2.15. The summed E-state index contributed by atoms with van der Waals surface area (Å²) in [5.74, 6) is 0. The summed E-state index contributed by atoms with van der Waals surface area (Å²) in [7, 11) is 0. The van der Waals surface area contributed by atoms with Gasteiger partial charge in [-0.25, -0.2) is 0 Å². The molecule has 14 heavy (non-hydrogen) atoms. The zero-order valence-corrected chi connectivity index (χ0v) is 9.19. The molecule has 0 atom stereocenters. The standard InChI is InChI=1S/C8H18O.HNO3.H3N/c1-4-5-6-7-8(2,3)9;2-1(3)4;/h9H,4-7H2,1-3H3;(H,2,3,4);1H3. The first-order valence-corrected chi connectivity index (χ1v) is 4.35. The van der Waals surface area contributed by atoms with Gasteiger partial charge in [-0.2, -0.15) is 0 Å². The quantitative estimate of drug-likeness (QED) is 0.373. The van der Waals surface area contributed by atoms with E-state index in [0.29, 0.717) is 0 Å². The van der Waals surface area contributed by atoms with Crippen molar-refractivity contribution in [3.8, 4) is 0 Å². The van der Waals surface area contributed by atoms with Crippen LogP contribution < -0.4 is 6.15 Å². The molecule has 88 valence electrons. The topological polar surface area (TPSA) is 119 Å². The normalized spacial score (nSPS) is 9.43. The Kier molecular flexibility index (Phi) is 13.7. The zero-order chi connectivity index (χ0) is 10.9. The van der Waals surface area contributed by atoms with Crippen molar-refractivity contribution in [2.45, 2.75) is 52.1 Å². The molecule has 0 bridgehead atoms. The summed E-state index contributed by atoms with van der Waals surface area (Å²) >= 11 is 0. The van der Waals surface area contributed by atoms with E-state index in [1.54, 1.807) is 0 Å². The van der Waals surface area contributed by atoms with Crippen LogP contribution in [0.25, 0.3) is 0 Å². The number of unbranched alkanes of at least 4 members (excludes halogenated alkanes) is 2. The first kappa shape index (κ1) is 18.8. The summed E-state index contributed by atoms with van der Waals surface area (Å²) in [5.41, 5.74) is -0.449. The molecule has 0 fully saturated rings. The lowest BCUT2D eigenvalue weighted by molar-refractivity contribution is -0.742. The second-order valence-electron chi connectivity index (χ2n) is 3.51. The van der Waals surface area contributed by atoms with Crippen molar-refractivity contribution in [2.75, 3.05) is 0 Å². The predicted molar refractivity (Wildman–Crippen MR) is 54.2 cm³/mol. The van der Waals surface area contributed by atoms with Crippen LogP contribution in [0.4, 0.5) is 0 Å². The number of aliphatic hydroxyl groups is 1. The van der Waals surface area contributed by atoms with Gasteiger partial charge in [-0.3, -0.25) is 0 Å². The lowest BCUT2D eigenvalue weighted by Crippen LogP contribution is -2.17. The van der Waals surface area contributed by atoms with Gasteiger partial charge in [-0.05, 0) is 20.3 Å². The lowest BCUT2D eigenvalue weighted by atomic mass is 10.0. The molecule has 0 heterocycles. The summed E-state index contributed by atoms with van der Waals surface area (Å²) in [4.78, 5) is 8.36. The molecule has 0 aliphatic heterocycles. The Labute approximate surface area is 84.6 Å². The molecule has 0 saturated heterocycles. The van der Waals surface area contributed by atoms with Crippen LogP contribution in [-0.4, -0.2) is 21.0 Å². The van der Waals surface area contributed by atoms with E-state index in [9.17, 15) is 5.11 Å². The van der Waals surface area contributed by atoms with Crippen molar-refractivity contribution < 1.29 is 15.4 Å². The Hall–Kier alpha value is -0.880. The van der Waals surface area contributed by atoms with Gasteiger partial charge in [0.25, 0.3) is 5.09 Å². The molecule has 0 spiro atoms. The van der Waals surface area contributed by atoms with Crippen molar-refractivity contribution >= 4 is 0 Å². The molecule has 0 unspecified atom stereocenters. The molecule has 0 aromatic carbocycles. The van der Waals surface area contributed by atoms with Crippen LogP contribution in [-0.2, 0) is 0 Å². The minimum absolute atomic E-state index is 0. The Balaban J connectivity index is -0.000000209. The van der Waals surface area contributed by atoms with Crippen molar-refractivity contribution in [3.05, 3.63) is 10.1 Å². The van der Waals surface area contributed by atoms with Crippen molar-refractivity contribution in [2.24, 2.45) is 0 Å². The molecule has 6 nitrogen and oxygen atoms in total. The van der Waals surface area contributed by atoms with Crippen LogP contribution in [0.5, 0.6) is 0 Å². The molecular weight excluding hydrogens is 188 g/mol. The Morgan fingerprint density at radius 1 is 1.36 bits per heavy atom. The smallest absolute Gasteiger partial charge is 0.291 e. The van der Waals surface area contributed by atoms with E-state index >= 15 is 0 Å². The highest BCUT2D eigenvalue weighted by Crippen LogP contribution is 2.12. The van der Waals surface area contributed by atoms with Crippen LogP contribution in [0.15, 0.2) is 0 Å². The van der Waals surface area contributed by atoms with E-state index in [-0.39, 0.29) is 6.15 Å². The van der Waals surface area contributed by atoms with E-state index in [1.165, 1.54) is 12.8 Å². The molecule has 0 radical (unpaired) electrons. The van der Waals surface area contributed by atoms with E-state index in [0.717, 1.165) is 12.8 Å². The fourth-order valence-corrected chi connectivity index (χ4v) is 0.808. The van der Waals surface area contributed by atoms with E-state index in [4.69, 9.17) is 15.3 Å². The SMILES string of the molecule is CCCCCC(C)(C)O.N.O=[N+]([O-])O. The molecule has 5 N–H and O–H groups in total. The fourth-order valence-electron chi connectivity index (χ4n) is 0.808. The minimum atomic E-state index is -1.50. The highest BCUT2D eigenvalue weighted by Gasteiger charge is 2.10. The summed E-state index contributed by atoms with van der Waals surface area (Å²) in [6, 6.07) is 0. The summed E-state index contributed by atoms with van der Waals surface area (Å²) < 4.78 is 0. The number of rotatable bonds is 4. The Bertz CT molecular complexity index is 130. The van der Waals surface area contributed by atoms with Crippen LogP contribution in [0.1, 0.15) is 46.5 Å². The molecule has 0 aliphatic rings. The third-order valence-electron chi connectivity index (χ3n) is 1.39. The second kappa shape index (κ2) is 10.2. The average Bonchev–Trinajstić information content (AvgIpc) is 1.83. The van der Waals surface area contributed by atoms with Crippen molar-refractivity contribution in [3.63, 3.8) is 0 Å². The zero-order valence-electron chi connectivity index (χ0n) is 9.19. The lowest BCUT2D eigenvalue weighted by Gasteiger charge is -2.15. The monoisotopic (exact) mass is 210 g/mol. The van der Waals surface area contributed by atoms with Crippen molar-refractivity contribution in [1.29, 1.82) is 0 Å². The van der Waals surface area contributed by atoms with Crippen LogP contribution in [0.2, 0.25) is 0 Å². The van der Waals surface area contributed by atoms with Gasteiger partial charge < -0.3 is 16.5 Å². The average molecular weight is 210 g/mol. The summed E-state index contributed by atoms with van der Waals surface area (Å²) in [6.07, 6.45) is 4.56. The number of hydrogen-bond acceptors (Lipinski definition) is 4. The summed E-state index contributed by atoms with van der Waals surface area (Å²) in [6.45, 7) is 5.90. The van der Waals surface area contributed by atoms with Crippen LogP contribution in [0, 0.1) is 10.1 Å². The molecule has 0 rings (SSSR count). The third-order valence-corrected chi connectivity index (χ3v) is 1.39. The first-order chi connectivity index (χ1) is 5.79. The van der Waals surface area contributed by atoms with Gasteiger partial charge in [-0.15, -0.1) is 10.1 Å². The number of hydrogen-bond donors (Lipinski definition) is 3. The van der Waals surface area contributed by atoms with E-state index in [1.807, 2.05) is 13.8 Å².